The molecule has 7 heteroatoms. The lowest BCUT2D eigenvalue weighted by Gasteiger charge is -2.30. The van der Waals surface area contributed by atoms with Crippen LogP contribution in [-0.2, 0) is 4.79 Å². The number of fused-ring (bicyclic) bond motifs is 1. The molecule has 2 atom stereocenters. The quantitative estimate of drug-likeness (QED) is 0.853. The van der Waals surface area contributed by atoms with E-state index < -0.39 is 6.10 Å². The van der Waals surface area contributed by atoms with Crippen molar-refractivity contribution in [3.63, 3.8) is 0 Å². The van der Waals surface area contributed by atoms with Gasteiger partial charge in [0.15, 0.2) is 17.3 Å². The number of hydrogen-bond acceptors (Lipinski definition) is 6. The number of likely N-dealkylation sites (tertiary alicyclic amines) is 1. The maximum atomic E-state index is 13.0. The lowest BCUT2D eigenvalue weighted by molar-refractivity contribution is -0.142. The van der Waals surface area contributed by atoms with Crippen LogP contribution in [0.3, 0.4) is 0 Å². The molecule has 0 bridgehead atoms. The van der Waals surface area contributed by atoms with Crippen molar-refractivity contribution < 1.29 is 18.8 Å². The Hall–Kier alpha value is -2.57. The van der Waals surface area contributed by atoms with Gasteiger partial charge >= 0.3 is 0 Å². The number of ether oxygens (including phenoxy) is 2. The van der Waals surface area contributed by atoms with Crippen LogP contribution in [0.2, 0.25) is 0 Å². The minimum absolute atomic E-state index is 0.0899. The average Bonchev–Trinajstić information content (AvgIpc) is 3.29. The second-order valence-corrected chi connectivity index (χ2v) is 6.70. The highest BCUT2D eigenvalue weighted by molar-refractivity contribution is 5.82. The van der Waals surface area contributed by atoms with E-state index in [1.54, 1.807) is 4.90 Å². The van der Waals surface area contributed by atoms with E-state index in [0.717, 1.165) is 12.8 Å². The second kappa shape index (κ2) is 6.38. The van der Waals surface area contributed by atoms with Crippen molar-refractivity contribution in [2.75, 3.05) is 13.2 Å². The van der Waals surface area contributed by atoms with Gasteiger partial charge in [-0.25, -0.2) is 0 Å². The summed E-state index contributed by atoms with van der Waals surface area (Å²) in [6.45, 7) is 4.87. The summed E-state index contributed by atoms with van der Waals surface area (Å²) in [5.41, 5.74) is 0. The van der Waals surface area contributed by atoms with Gasteiger partial charge < -0.3 is 18.9 Å². The standard InChI is InChI=1S/C18H21N3O4/c1-11(2)17-19-16(20-25-17)12-6-5-9-21(12)18(22)15-10-23-13-7-3-4-8-14(13)24-15/h3-4,7-8,11-12,15H,5-6,9-10H2,1-2H3/t12-,15+/m0/s1. The molecular formula is C18H21N3O4. The molecule has 1 aromatic carbocycles. The molecule has 25 heavy (non-hydrogen) atoms. The smallest absolute Gasteiger partial charge is 0.267 e. The monoisotopic (exact) mass is 343 g/mol. The molecule has 1 saturated heterocycles. The minimum Gasteiger partial charge on any atom is -0.485 e. The molecule has 0 saturated carbocycles. The van der Waals surface area contributed by atoms with Gasteiger partial charge in [-0.3, -0.25) is 4.79 Å². The summed E-state index contributed by atoms with van der Waals surface area (Å²) in [5, 5.41) is 4.08. The summed E-state index contributed by atoms with van der Waals surface area (Å²) in [7, 11) is 0. The van der Waals surface area contributed by atoms with E-state index in [9.17, 15) is 4.79 Å². The Bertz CT molecular complexity index is 773. The molecular weight excluding hydrogens is 322 g/mol. The first-order valence-electron chi connectivity index (χ1n) is 8.66. The van der Waals surface area contributed by atoms with Gasteiger partial charge in [-0.05, 0) is 25.0 Å². The molecule has 1 fully saturated rings. The predicted octanol–water partition coefficient (Wildman–Crippen LogP) is 2.70. The molecule has 0 spiro atoms. The summed E-state index contributed by atoms with van der Waals surface area (Å²) in [4.78, 5) is 19.2. The molecule has 2 aromatic rings. The summed E-state index contributed by atoms with van der Waals surface area (Å²) in [6, 6.07) is 7.22. The van der Waals surface area contributed by atoms with Crippen LogP contribution in [0.5, 0.6) is 11.5 Å². The maximum Gasteiger partial charge on any atom is 0.267 e. The van der Waals surface area contributed by atoms with Gasteiger partial charge in [0.05, 0.1) is 6.04 Å². The van der Waals surface area contributed by atoms with Crippen LogP contribution in [0.1, 0.15) is 50.4 Å². The van der Waals surface area contributed by atoms with E-state index in [1.807, 2.05) is 38.1 Å². The van der Waals surface area contributed by atoms with Crippen LogP contribution in [0.4, 0.5) is 0 Å². The average molecular weight is 343 g/mol. The van der Waals surface area contributed by atoms with Gasteiger partial charge in [0.25, 0.3) is 5.91 Å². The maximum absolute atomic E-state index is 13.0. The number of nitrogens with zero attached hydrogens (tertiary/aromatic N) is 3. The van der Waals surface area contributed by atoms with Crippen molar-refractivity contribution in [2.24, 2.45) is 0 Å². The zero-order valence-electron chi connectivity index (χ0n) is 14.3. The number of carbonyl (C=O) groups excluding carboxylic acids is 1. The van der Waals surface area contributed by atoms with Crippen molar-refractivity contribution in [3.8, 4) is 11.5 Å². The molecule has 132 valence electrons. The van der Waals surface area contributed by atoms with Gasteiger partial charge in [-0.1, -0.05) is 31.1 Å². The van der Waals surface area contributed by atoms with Gasteiger partial charge in [-0.15, -0.1) is 0 Å². The van der Waals surface area contributed by atoms with Crippen LogP contribution in [0, 0.1) is 0 Å². The van der Waals surface area contributed by atoms with Gasteiger partial charge in [-0.2, -0.15) is 4.98 Å². The third kappa shape index (κ3) is 2.94. The molecule has 0 unspecified atom stereocenters. The number of carbonyl (C=O) groups is 1. The SMILES string of the molecule is CC(C)c1nc([C@@H]2CCCN2C(=O)[C@H]2COc3ccccc3O2)no1. The zero-order valence-corrected chi connectivity index (χ0v) is 14.3. The molecule has 7 nitrogen and oxygen atoms in total. The number of benzene rings is 1. The summed E-state index contributed by atoms with van der Waals surface area (Å²) < 4.78 is 16.8. The van der Waals surface area contributed by atoms with Crippen LogP contribution in [-0.4, -0.2) is 40.2 Å². The Morgan fingerprint density at radius 3 is 2.84 bits per heavy atom. The highest BCUT2D eigenvalue weighted by atomic mass is 16.6. The lowest BCUT2D eigenvalue weighted by Crippen LogP contribution is -2.46. The molecule has 1 amide bonds. The van der Waals surface area contributed by atoms with E-state index in [-0.39, 0.29) is 24.5 Å². The van der Waals surface area contributed by atoms with Crippen LogP contribution in [0.15, 0.2) is 28.8 Å². The summed E-state index contributed by atoms with van der Waals surface area (Å²) >= 11 is 0. The van der Waals surface area contributed by atoms with Gasteiger partial charge in [0.2, 0.25) is 12.0 Å². The molecule has 4 rings (SSSR count). The zero-order chi connectivity index (χ0) is 17.4. The number of para-hydroxylation sites is 2. The highest BCUT2D eigenvalue weighted by Gasteiger charge is 2.39. The first-order chi connectivity index (χ1) is 12.1. The van der Waals surface area contributed by atoms with Crippen molar-refractivity contribution in [2.45, 2.75) is 44.8 Å². The van der Waals surface area contributed by atoms with E-state index in [4.69, 9.17) is 14.0 Å². The van der Waals surface area contributed by atoms with Crippen molar-refractivity contribution in [3.05, 3.63) is 36.0 Å². The van der Waals surface area contributed by atoms with Gasteiger partial charge in [0.1, 0.15) is 6.61 Å². The summed E-state index contributed by atoms with van der Waals surface area (Å²) in [6.07, 6.45) is 1.09. The second-order valence-electron chi connectivity index (χ2n) is 6.70. The number of hydrogen-bond donors (Lipinski definition) is 0. The normalized spacial score (nSPS) is 22.4. The van der Waals surface area contributed by atoms with Crippen molar-refractivity contribution in [1.82, 2.24) is 15.0 Å². The van der Waals surface area contributed by atoms with Crippen LogP contribution in [0.25, 0.3) is 0 Å². The first kappa shape index (κ1) is 15.9. The fourth-order valence-electron chi connectivity index (χ4n) is 3.24. The van der Waals surface area contributed by atoms with E-state index in [0.29, 0.717) is 29.8 Å². The van der Waals surface area contributed by atoms with E-state index in [2.05, 4.69) is 10.1 Å². The van der Waals surface area contributed by atoms with Crippen molar-refractivity contribution >= 4 is 5.91 Å². The first-order valence-corrected chi connectivity index (χ1v) is 8.66. The molecule has 3 heterocycles. The largest absolute Gasteiger partial charge is 0.485 e. The predicted molar refractivity (Wildman–Crippen MR) is 88.4 cm³/mol. The molecule has 2 aliphatic heterocycles. The number of aromatic nitrogens is 2. The highest BCUT2D eigenvalue weighted by Crippen LogP contribution is 2.35. The van der Waals surface area contributed by atoms with E-state index >= 15 is 0 Å². The van der Waals surface area contributed by atoms with Crippen molar-refractivity contribution in [1.29, 1.82) is 0 Å². The Labute approximate surface area is 145 Å². The Morgan fingerprint density at radius 2 is 2.08 bits per heavy atom. The molecule has 0 radical (unpaired) electrons. The van der Waals surface area contributed by atoms with Gasteiger partial charge in [0, 0.05) is 12.5 Å². The lowest BCUT2D eigenvalue weighted by atomic mass is 10.2. The topological polar surface area (TPSA) is 77.7 Å². The molecule has 2 aliphatic rings. The molecule has 1 aromatic heterocycles. The van der Waals surface area contributed by atoms with Crippen LogP contribution >= 0.6 is 0 Å². The fraction of sp³-hybridized carbons (Fsp3) is 0.500. The Balaban J connectivity index is 1.51. The third-order valence-corrected chi connectivity index (χ3v) is 4.57. The Kier molecular flexibility index (Phi) is 4.07. The minimum atomic E-state index is -0.646. The molecule has 0 N–H and O–H groups in total. The third-order valence-electron chi connectivity index (χ3n) is 4.57. The number of amides is 1. The Morgan fingerprint density at radius 1 is 1.28 bits per heavy atom. The van der Waals surface area contributed by atoms with E-state index in [1.165, 1.54) is 0 Å². The van der Waals surface area contributed by atoms with Crippen LogP contribution < -0.4 is 9.47 Å². The molecule has 0 aliphatic carbocycles. The summed E-state index contributed by atoms with van der Waals surface area (Å²) in [5.74, 6) is 2.52. The fourth-order valence-corrected chi connectivity index (χ4v) is 3.24. The number of rotatable bonds is 3.